The van der Waals surface area contributed by atoms with Gasteiger partial charge in [0.05, 0.1) is 24.7 Å². The minimum atomic E-state index is -0.000949. The molecule has 1 fully saturated rings. The molecule has 4 heteroatoms. The summed E-state index contributed by atoms with van der Waals surface area (Å²) in [7, 11) is 1.93. The maximum absolute atomic E-state index is 5.83. The highest BCUT2D eigenvalue weighted by atomic mass is 16.5. The molecule has 0 bridgehead atoms. The van der Waals surface area contributed by atoms with Crippen molar-refractivity contribution >= 4 is 0 Å². The molecule has 84 valence electrons. The lowest BCUT2D eigenvalue weighted by atomic mass is 9.77. The third kappa shape index (κ3) is 1.69. The fourth-order valence-electron chi connectivity index (χ4n) is 2.13. The minimum absolute atomic E-state index is 0.000949. The molecular formula is C11H18N2O2. The van der Waals surface area contributed by atoms with Crippen molar-refractivity contribution in [1.29, 1.82) is 0 Å². The van der Waals surface area contributed by atoms with Crippen molar-refractivity contribution in [3.05, 3.63) is 23.7 Å². The Labute approximate surface area is 89.8 Å². The summed E-state index contributed by atoms with van der Waals surface area (Å²) >= 11 is 0. The van der Waals surface area contributed by atoms with E-state index in [9.17, 15) is 0 Å². The molecule has 0 aliphatic carbocycles. The van der Waals surface area contributed by atoms with Crippen molar-refractivity contribution in [2.24, 2.45) is 11.1 Å². The summed E-state index contributed by atoms with van der Waals surface area (Å²) in [6.07, 6.45) is 0. The molecular weight excluding hydrogens is 192 g/mol. The molecule has 1 aromatic heterocycles. The van der Waals surface area contributed by atoms with Crippen LogP contribution in [0, 0.1) is 12.3 Å². The van der Waals surface area contributed by atoms with Crippen LogP contribution in [0.15, 0.2) is 16.5 Å². The maximum Gasteiger partial charge on any atom is 0.121 e. The van der Waals surface area contributed by atoms with Crippen LogP contribution in [0.5, 0.6) is 0 Å². The van der Waals surface area contributed by atoms with E-state index >= 15 is 0 Å². The van der Waals surface area contributed by atoms with Gasteiger partial charge in [-0.1, -0.05) is 0 Å². The SMILES string of the molecule is CNC(c1ccc(C)o1)C1(CN)COC1. The molecule has 0 aromatic carbocycles. The van der Waals surface area contributed by atoms with Crippen molar-refractivity contribution in [3.63, 3.8) is 0 Å². The largest absolute Gasteiger partial charge is 0.465 e. The number of hydrogen-bond donors (Lipinski definition) is 2. The van der Waals surface area contributed by atoms with Crippen LogP contribution in [0.2, 0.25) is 0 Å². The number of ether oxygens (including phenoxy) is 1. The minimum Gasteiger partial charge on any atom is -0.465 e. The van der Waals surface area contributed by atoms with Crippen molar-refractivity contribution in [2.75, 3.05) is 26.8 Å². The topological polar surface area (TPSA) is 60.4 Å². The predicted octanol–water partition coefficient (Wildman–Crippen LogP) is 0.824. The Morgan fingerprint density at radius 1 is 1.53 bits per heavy atom. The Hall–Kier alpha value is -0.840. The van der Waals surface area contributed by atoms with Crippen LogP contribution in [0.1, 0.15) is 17.6 Å². The van der Waals surface area contributed by atoms with Gasteiger partial charge in [-0.15, -0.1) is 0 Å². The highest BCUT2D eigenvalue weighted by Gasteiger charge is 2.46. The molecule has 1 saturated heterocycles. The summed E-state index contributed by atoms with van der Waals surface area (Å²) in [5, 5.41) is 3.27. The fourth-order valence-corrected chi connectivity index (χ4v) is 2.13. The maximum atomic E-state index is 5.83. The Kier molecular flexibility index (Phi) is 2.82. The van der Waals surface area contributed by atoms with Crippen LogP contribution in [0.4, 0.5) is 0 Å². The number of aryl methyl sites for hydroxylation is 1. The number of nitrogens with two attached hydrogens (primary N) is 1. The standard InChI is InChI=1S/C11H18N2O2/c1-8-3-4-9(15-8)10(13-2)11(5-12)6-14-7-11/h3-4,10,13H,5-7,12H2,1-2H3. The summed E-state index contributed by atoms with van der Waals surface area (Å²) in [5.74, 6) is 1.88. The zero-order chi connectivity index (χ0) is 10.9. The van der Waals surface area contributed by atoms with Gasteiger partial charge < -0.3 is 20.2 Å². The van der Waals surface area contributed by atoms with Crippen LogP contribution in [-0.2, 0) is 4.74 Å². The van der Waals surface area contributed by atoms with E-state index in [0.29, 0.717) is 19.8 Å². The van der Waals surface area contributed by atoms with Crippen molar-refractivity contribution in [1.82, 2.24) is 5.32 Å². The molecule has 0 amide bonds. The lowest BCUT2D eigenvalue weighted by Crippen LogP contribution is -2.55. The number of hydrogen-bond acceptors (Lipinski definition) is 4. The van der Waals surface area contributed by atoms with Crippen LogP contribution >= 0.6 is 0 Å². The van der Waals surface area contributed by atoms with Gasteiger partial charge in [0.15, 0.2) is 0 Å². The van der Waals surface area contributed by atoms with Crippen molar-refractivity contribution in [3.8, 4) is 0 Å². The first-order chi connectivity index (χ1) is 7.22. The molecule has 15 heavy (non-hydrogen) atoms. The zero-order valence-electron chi connectivity index (χ0n) is 9.25. The summed E-state index contributed by atoms with van der Waals surface area (Å²) in [6.45, 7) is 3.96. The second-order valence-electron chi connectivity index (χ2n) is 4.23. The van der Waals surface area contributed by atoms with E-state index < -0.39 is 0 Å². The van der Waals surface area contributed by atoms with Crippen LogP contribution in [-0.4, -0.2) is 26.8 Å². The highest BCUT2D eigenvalue weighted by Crippen LogP contribution is 2.39. The molecule has 1 aromatic rings. The molecule has 0 saturated carbocycles. The summed E-state index contributed by atoms with van der Waals surface area (Å²) in [6, 6.07) is 4.13. The van der Waals surface area contributed by atoms with Gasteiger partial charge in [-0.3, -0.25) is 0 Å². The van der Waals surface area contributed by atoms with Gasteiger partial charge in [-0.25, -0.2) is 0 Å². The average Bonchev–Trinajstić information content (AvgIpc) is 2.58. The normalized spacial score (nSPS) is 21.0. The Balaban J connectivity index is 2.23. The van der Waals surface area contributed by atoms with Crippen molar-refractivity contribution < 1.29 is 9.15 Å². The molecule has 2 heterocycles. The van der Waals surface area contributed by atoms with E-state index in [-0.39, 0.29) is 11.5 Å². The molecule has 3 N–H and O–H groups in total. The third-order valence-corrected chi connectivity index (χ3v) is 3.13. The number of rotatable bonds is 4. The number of nitrogens with one attached hydrogen (secondary N) is 1. The van der Waals surface area contributed by atoms with E-state index in [0.717, 1.165) is 11.5 Å². The second-order valence-corrected chi connectivity index (χ2v) is 4.23. The molecule has 1 unspecified atom stereocenters. The van der Waals surface area contributed by atoms with Crippen molar-refractivity contribution in [2.45, 2.75) is 13.0 Å². The molecule has 4 nitrogen and oxygen atoms in total. The van der Waals surface area contributed by atoms with Crippen LogP contribution < -0.4 is 11.1 Å². The molecule has 1 aliphatic rings. The molecule has 0 spiro atoms. The first-order valence-corrected chi connectivity index (χ1v) is 5.23. The van der Waals surface area contributed by atoms with Gasteiger partial charge in [0.1, 0.15) is 11.5 Å². The quantitative estimate of drug-likeness (QED) is 0.772. The van der Waals surface area contributed by atoms with E-state index in [1.165, 1.54) is 0 Å². The number of furan rings is 1. The second kappa shape index (κ2) is 3.96. The Morgan fingerprint density at radius 2 is 2.27 bits per heavy atom. The third-order valence-electron chi connectivity index (χ3n) is 3.13. The monoisotopic (exact) mass is 210 g/mol. The van der Waals surface area contributed by atoms with Gasteiger partial charge in [0.2, 0.25) is 0 Å². The highest BCUT2D eigenvalue weighted by molar-refractivity contribution is 5.15. The van der Waals surface area contributed by atoms with E-state index in [1.807, 2.05) is 26.1 Å². The predicted molar refractivity (Wildman–Crippen MR) is 57.6 cm³/mol. The zero-order valence-corrected chi connectivity index (χ0v) is 9.25. The fraction of sp³-hybridized carbons (Fsp3) is 0.636. The first-order valence-electron chi connectivity index (χ1n) is 5.23. The molecule has 2 rings (SSSR count). The lowest BCUT2D eigenvalue weighted by molar-refractivity contribution is -0.129. The van der Waals surface area contributed by atoms with Crippen LogP contribution in [0.25, 0.3) is 0 Å². The van der Waals surface area contributed by atoms with Gasteiger partial charge >= 0.3 is 0 Å². The van der Waals surface area contributed by atoms with E-state index in [4.69, 9.17) is 14.9 Å². The van der Waals surface area contributed by atoms with Gasteiger partial charge in [0, 0.05) is 6.54 Å². The first kappa shape index (κ1) is 10.7. The average molecular weight is 210 g/mol. The summed E-state index contributed by atoms with van der Waals surface area (Å²) in [5.41, 5.74) is 5.83. The lowest BCUT2D eigenvalue weighted by Gasteiger charge is -2.45. The van der Waals surface area contributed by atoms with E-state index in [1.54, 1.807) is 0 Å². The van der Waals surface area contributed by atoms with Gasteiger partial charge in [0.25, 0.3) is 0 Å². The van der Waals surface area contributed by atoms with Gasteiger partial charge in [-0.2, -0.15) is 0 Å². The molecule has 1 atom stereocenters. The Morgan fingerprint density at radius 3 is 2.60 bits per heavy atom. The van der Waals surface area contributed by atoms with Gasteiger partial charge in [-0.05, 0) is 26.1 Å². The van der Waals surface area contributed by atoms with E-state index in [2.05, 4.69) is 5.32 Å². The molecule has 0 radical (unpaired) electrons. The summed E-state index contributed by atoms with van der Waals surface area (Å²) < 4.78 is 10.9. The summed E-state index contributed by atoms with van der Waals surface area (Å²) in [4.78, 5) is 0. The smallest absolute Gasteiger partial charge is 0.121 e. The molecule has 1 aliphatic heterocycles. The Bertz CT molecular complexity index is 326. The van der Waals surface area contributed by atoms with Crippen LogP contribution in [0.3, 0.4) is 0 Å².